The highest BCUT2D eigenvalue weighted by Gasteiger charge is 2.31. The van der Waals surface area contributed by atoms with E-state index in [1.165, 1.54) is 5.56 Å². The van der Waals surface area contributed by atoms with Gasteiger partial charge < -0.3 is 16.4 Å². The monoisotopic (exact) mass is 446 g/mol. The van der Waals surface area contributed by atoms with Crippen LogP contribution in [0.3, 0.4) is 0 Å². The highest BCUT2D eigenvalue weighted by molar-refractivity contribution is 5.81. The average molecular weight is 447 g/mol. The van der Waals surface area contributed by atoms with E-state index in [9.17, 15) is 9.59 Å². The number of amides is 1. The summed E-state index contributed by atoms with van der Waals surface area (Å²) in [4.78, 5) is 34.8. The van der Waals surface area contributed by atoms with Gasteiger partial charge in [0.1, 0.15) is 11.9 Å². The van der Waals surface area contributed by atoms with Crippen LogP contribution < -0.4 is 21.9 Å². The lowest BCUT2D eigenvalue weighted by molar-refractivity contribution is -0.124. The first-order valence-electron chi connectivity index (χ1n) is 11.2. The molecule has 0 fully saturated rings. The van der Waals surface area contributed by atoms with Gasteiger partial charge in [-0.3, -0.25) is 14.2 Å². The van der Waals surface area contributed by atoms with Gasteiger partial charge in [-0.2, -0.15) is 0 Å². The maximum Gasteiger partial charge on any atom is 0.294 e. The summed E-state index contributed by atoms with van der Waals surface area (Å²) in [6, 6.07) is 13.2. The van der Waals surface area contributed by atoms with Crippen molar-refractivity contribution < 1.29 is 4.79 Å². The van der Waals surface area contributed by atoms with Crippen LogP contribution in [0, 0.1) is 6.92 Å². The van der Waals surface area contributed by atoms with Crippen molar-refractivity contribution >= 4 is 17.5 Å². The Morgan fingerprint density at radius 1 is 1.21 bits per heavy atom. The minimum absolute atomic E-state index is 0.186. The number of aromatic nitrogens is 3. The lowest BCUT2D eigenvalue weighted by atomic mass is 9.85. The fourth-order valence-electron chi connectivity index (χ4n) is 4.20. The number of carbonyl (C=O) groups is 1. The van der Waals surface area contributed by atoms with Crippen LogP contribution in [0.5, 0.6) is 0 Å². The molecule has 4 rings (SSSR count). The summed E-state index contributed by atoms with van der Waals surface area (Å²) < 4.78 is 1.58. The van der Waals surface area contributed by atoms with Crippen molar-refractivity contribution in [2.75, 3.05) is 17.6 Å². The summed E-state index contributed by atoms with van der Waals surface area (Å²) in [7, 11) is 0. The molecule has 0 bridgehead atoms. The minimum Gasteiger partial charge on any atom is -0.384 e. The van der Waals surface area contributed by atoms with Gasteiger partial charge in [-0.25, -0.2) is 9.97 Å². The smallest absolute Gasteiger partial charge is 0.294 e. The van der Waals surface area contributed by atoms with Gasteiger partial charge in [-0.15, -0.1) is 0 Å². The highest BCUT2D eigenvalue weighted by Crippen LogP contribution is 2.26. The van der Waals surface area contributed by atoms with Crippen LogP contribution >= 0.6 is 0 Å². The van der Waals surface area contributed by atoms with Gasteiger partial charge in [0, 0.05) is 36.1 Å². The fourth-order valence-corrected chi connectivity index (χ4v) is 4.20. The van der Waals surface area contributed by atoms with Crippen LogP contribution in [0.4, 0.5) is 11.6 Å². The van der Waals surface area contributed by atoms with Gasteiger partial charge in [0.25, 0.3) is 5.56 Å². The number of rotatable bonds is 7. The highest BCUT2D eigenvalue weighted by atomic mass is 16.2. The largest absolute Gasteiger partial charge is 0.384 e. The second-order valence-electron chi connectivity index (χ2n) is 9.13. The third-order valence-corrected chi connectivity index (χ3v) is 6.28. The van der Waals surface area contributed by atoms with E-state index in [4.69, 9.17) is 5.73 Å². The van der Waals surface area contributed by atoms with E-state index in [0.29, 0.717) is 31.7 Å². The average Bonchev–Trinajstić information content (AvgIpc) is 3.24. The van der Waals surface area contributed by atoms with Crippen LogP contribution in [0.2, 0.25) is 0 Å². The molecule has 3 heterocycles. The number of pyridine rings is 1. The quantitative estimate of drug-likeness (QED) is 0.514. The number of hydrogen-bond acceptors (Lipinski definition) is 6. The molecule has 4 N–H and O–H groups in total. The molecule has 1 amide bonds. The zero-order valence-electron chi connectivity index (χ0n) is 19.3. The van der Waals surface area contributed by atoms with Crippen molar-refractivity contribution in [1.29, 1.82) is 0 Å². The molecule has 0 saturated carbocycles. The Hall–Kier alpha value is -3.68. The summed E-state index contributed by atoms with van der Waals surface area (Å²) in [6.45, 7) is 6.96. The number of aryl methyl sites for hydroxylation is 2. The number of nitrogens with zero attached hydrogens (tertiary/aromatic N) is 3. The van der Waals surface area contributed by atoms with Gasteiger partial charge in [-0.05, 0) is 37.0 Å². The van der Waals surface area contributed by atoms with Crippen molar-refractivity contribution in [2.45, 2.75) is 51.6 Å². The Balaban J connectivity index is 1.48. The first-order valence-corrected chi connectivity index (χ1v) is 11.2. The number of anilines is 2. The number of carbonyl (C=O) groups excluding carboxylic acids is 1. The Bertz CT molecular complexity index is 1220. The molecule has 0 aliphatic carbocycles. The van der Waals surface area contributed by atoms with E-state index in [1.807, 2.05) is 31.2 Å². The van der Waals surface area contributed by atoms with Gasteiger partial charge in [0.05, 0.1) is 0 Å². The van der Waals surface area contributed by atoms with Crippen LogP contribution in [-0.2, 0) is 23.2 Å². The van der Waals surface area contributed by atoms with Crippen molar-refractivity contribution in [2.24, 2.45) is 0 Å². The number of nitrogen functional groups attached to an aromatic ring is 1. The van der Waals surface area contributed by atoms with Crippen molar-refractivity contribution in [3.63, 3.8) is 0 Å². The molecular formula is C25H30N6O2. The number of nitrogens with one attached hydrogen (secondary N) is 2. The van der Waals surface area contributed by atoms with Crippen molar-refractivity contribution in [1.82, 2.24) is 19.9 Å². The maximum atomic E-state index is 13.2. The molecule has 33 heavy (non-hydrogen) atoms. The first kappa shape index (κ1) is 22.5. The minimum atomic E-state index is -0.555. The first-order chi connectivity index (χ1) is 15.8. The fraction of sp³-hybridized carbons (Fsp3) is 0.360. The van der Waals surface area contributed by atoms with E-state index in [-0.39, 0.29) is 22.7 Å². The number of nitrogens with two attached hydrogens (primary N) is 1. The second-order valence-corrected chi connectivity index (χ2v) is 9.13. The Morgan fingerprint density at radius 3 is 2.70 bits per heavy atom. The van der Waals surface area contributed by atoms with Crippen LogP contribution in [0.25, 0.3) is 0 Å². The van der Waals surface area contributed by atoms with Gasteiger partial charge in [0.15, 0.2) is 5.82 Å². The maximum absolute atomic E-state index is 13.2. The molecule has 0 saturated heterocycles. The van der Waals surface area contributed by atoms with Crippen molar-refractivity contribution in [3.05, 3.63) is 81.5 Å². The Kier molecular flexibility index (Phi) is 6.18. The summed E-state index contributed by atoms with van der Waals surface area (Å²) in [6.07, 6.45) is 2.90. The molecule has 0 spiro atoms. The summed E-state index contributed by atoms with van der Waals surface area (Å²) >= 11 is 0. The summed E-state index contributed by atoms with van der Waals surface area (Å²) in [5, 5.41) is 6.16. The van der Waals surface area contributed by atoms with Gasteiger partial charge in [0.2, 0.25) is 5.91 Å². The zero-order chi connectivity index (χ0) is 23.6. The number of benzene rings is 1. The lowest BCUT2D eigenvalue weighted by Crippen LogP contribution is -2.37. The number of fused-ring (bicyclic) bond motifs is 1. The normalized spacial score (nSPS) is 15.2. The summed E-state index contributed by atoms with van der Waals surface area (Å²) in [5.41, 5.74) is 8.86. The van der Waals surface area contributed by atoms with Gasteiger partial charge in [-0.1, -0.05) is 50.2 Å². The topological polar surface area (TPSA) is 115 Å². The van der Waals surface area contributed by atoms with Crippen LogP contribution in [-0.4, -0.2) is 27.0 Å². The molecule has 3 aromatic rings. The Labute approximate surface area is 193 Å². The van der Waals surface area contributed by atoms with E-state index < -0.39 is 6.04 Å². The van der Waals surface area contributed by atoms with Crippen LogP contribution in [0.1, 0.15) is 48.8 Å². The van der Waals surface area contributed by atoms with E-state index in [1.54, 1.807) is 16.8 Å². The molecule has 1 aliphatic rings. The molecule has 1 atom stereocenters. The molecule has 2 aromatic heterocycles. The molecule has 1 aromatic carbocycles. The standard InChI is InChI=1S/C25H30N6O2/c1-16-17(9-12-21(26)30-16)13-28-23(32)20-11-10-19-14-27-22(24(33)31(19)20)29-15-25(2,3)18-7-5-4-6-8-18/h4-9,12,14,20H,10-11,13,15H2,1-3H3,(H2,26,30)(H,27,29)(H,28,32)/t20-/m0/s1. The van der Waals surface area contributed by atoms with Crippen molar-refractivity contribution in [3.8, 4) is 0 Å². The molecule has 0 unspecified atom stereocenters. The third kappa shape index (κ3) is 4.74. The predicted molar refractivity (Wildman–Crippen MR) is 129 cm³/mol. The van der Waals surface area contributed by atoms with Gasteiger partial charge >= 0.3 is 0 Å². The SMILES string of the molecule is Cc1nc(N)ccc1CNC(=O)[C@@H]1CCc2cnc(NCC(C)(C)c3ccccc3)c(=O)n21. The summed E-state index contributed by atoms with van der Waals surface area (Å²) in [5.74, 6) is 0.525. The second kappa shape index (κ2) is 9.05. The lowest BCUT2D eigenvalue weighted by Gasteiger charge is -2.26. The molecule has 0 radical (unpaired) electrons. The number of hydrogen-bond donors (Lipinski definition) is 3. The zero-order valence-corrected chi connectivity index (χ0v) is 19.3. The molecule has 8 heteroatoms. The Morgan fingerprint density at radius 2 is 1.97 bits per heavy atom. The van der Waals surface area contributed by atoms with E-state index in [2.05, 4.69) is 46.6 Å². The predicted octanol–water partition coefficient (Wildman–Crippen LogP) is 2.72. The van der Waals surface area contributed by atoms with Crippen LogP contribution in [0.15, 0.2) is 53.5 Å². The molecule has 8 nitrogen and oxygen atoms in total. The molecule has 172 valence electrons. The van der Waals surface area contributed by atoms with E-state index >= 15 is 0 Å². The third-order valence-electron chi connectivity index (χ3n) is 6.28. The van der Waals surface area contributed by atoms with E-state index in [0.717, 1.165) is 17.0 Å². The molecule has 1 aliphatic heterocycles. The molecular weight excluding hydrogens is 416 g/mol.